The van der Waals surface area contributed by atoms with Crippen LogP contribution in [0, 0.1) is 0 Å². The van der Waals surface area contributed by atoms with Crippen molar-refractivity contribution in [3.05, 3.63) is 72.9 Å². The summed E-state index contributed by atoms with van der Waals surface area (Å²) in [6.07, 6.45) is 28.5. The number of hydrogen-bond acceptors (Lipinski definition) is 3. The molecule has 0 radical (unpaired) electrons. The van der Waals surface area contributed by atoms with Crippen LogP contribution in [0.2, 0.25) is 0 Å². The standard InChI is InChI=1S/C22H32O4/c1-2-3-4-5-12-15-18-21(26-25)19-16-13-10-8-6-7-9-11-14-17-20-22(23)24/h3-4,6-7,10-16,19,21,25H,2,5,8-9,17-18,20H2,1H3,(H,23,24)/b4-3-,7-6-,13-10-,14-11-,15-12-,19-16+. The molecule has 0 aliphatic carbocycles. The summed E-state index contributed by atoms with van der Waals surface area (Å²) in [5.74, 6) is -0.766. The van der Waals surface area contributed by atoms with Crippen molar-refractivity contribution < 1.29 is 20.0 Å². The summed E-state index contributed by atoms with van der Waals surface area (Å²) in [5, 5.41) is 17.4. The van der Waals surface area contributed by atoms with E-state index in [1.807, 2.05) is 48.6 Å². The average molecular weight is 360 g/mol. The monoisotopic (exact) mass is 360 g/mol. The summed E-state index contributed by atoms with van der Waals surface area (Å²) in [7, 11) is 0. The minimum atomic E-state index is -0.766. The summed E-state index contributed by atoms with van der Waals surface area (Å²) in [6, 6.07) is 0. The third kappa shape index (κ3) is 18.2. The van der Waals surface area contributed by atoms with Crippen molar-refractivity contribution in [1.82, 2.24) is 0 Å². The van der Waals surface area contributed by atoms with Gasteiger partial charge in [0.1, 0.15) is 6.10 Å². The van der Waals surface area contributed by atoms with Crippen LogP contribution in [0.3, 0.4) is 0 Å². The van der Waals surface area contributed by atoms with Crippen LogP contribution in [-0.2, 0) is 9.68 Å². The molecule has 0 aromatic heterocycles. The van der Waals surface area contributed by atoms with Crippen molar-refractivity contribution >= 4 is 5.97 Å². The Morgan fingerprint density at radius 2 is 1.50 bits per heavy atom. The van der Waals surface area contributed by atoms with Gasteiger partial charge in [0.2, 0.25) is 0 Å². The van der Waals surface area contributed by atoms with Crippen molar-refractivity contribution in [3.63, 3.8) is 0 Å². The number of rotatable bonds is 15. The number of hydrogen-bond donors (Lipinski definition) is 2. The normalized spacial score (nSPS) is 14.2. The van der Waals surface area contributed by atoms with Crippen LogP contribution < -0.4 is 0 Å². The minimum Gasteiger partial charge on any atom is -0.481 e. The molecule has 0 saturated heterocycles. The second-order valence-electron chi connectivity index (χ2n) is 5.63. The third-order valence-corrected chi connectivity index (χ3v) is 3.32. The molecule has 0 spiro atoms. The van der Waals surface area contributed by atoms with Crippen LogP contribution in [0.5, 0.6) is 0 Å². The zero-order valence-electron chi connectivity index (χ0n) is 15.7. The highest BCUT2D eigenvalue weighted by molar-refractivity contribution is 5.66. The molecule has 2 N–H and O–H groups in total. The Hall–Kier alpha value is -2.17. The van der Waals surface area contributed by atoms with E-state index in [9.17, 15) is 4.79 Å². The number of carboxylic acids is 1. The summed E-state index contributed by atoms with van der Waals surface area (Å²) >= 11 is 0. The smallest absolute Gasteiger partial charge is 0.303 e. The molecule has 0 aliphatic heterocycles. The number of allylic oxidation sites excluding steroid dienone is 10. The van der Waals surface area contributed by atoms with Gasteiger partial charge >= 0.3 is 5.97 Å². The molecule has 4 heteroatoms. The Kier molecular flexibility index (Phi) is 17.6. The maximum absolute atomic E-state index is 10.3. The van der Waals surface area contributed by atoms with Gasteiger partial charge in [0.15, 0.2) is 0 Å². The molecule has 0 amide bonds. The van der Waals surface area contributed by atoms with Crippen LogP contribution in [-0.4, -0.2) is 22.4 Å². The molecule has 1 unspecified atom stereocenters. The molecule has 144 valence electrons. The Bertz CT molecular complexity index is 510. The van der Waals surface area contributed by atoms with E-state index in [-0.39, 0.29) is 12.5 Å². The maximum atomic E-state index is 10.3. The maximum Gasteiger partial charge on any atom is 0.303 e. The molecule has 0 aliphatic rings. The third-order valence-electron chi connectivity index (χ3n) is 3.32. The molecule has 0 saturated carbocycles. The fourth-order valence-corrected chi connectivity index (χ4v) is 1.94. The number of carboxylic acid groups (broad SMARTS) is 1. The van der Waals surface area contributed by atoms with Crippen LogP contribution in [0.1, 0.15) is 51.9 Å². The highest BCUT2D eigenvalue weighted by Crippen LogP contribution is 2.02. The Balaban J connectivity index is 3.87. The quantitative estimate of drug-likeness (QED) is 0.162. The Morgan fingerprint density at radius 1 is 0.885 bits per heavy atom. The highest BCUT2D eigenvalue weighted by Gasteiger charge is 1.99. The average Bonchev–Trinajstić information content (AvgIpc) is 2.63. The Morgan fingerprint density at radius 3 is 2.15 bits per heavy atom. The first-order valence-corrected chi connectivity index (χ1v) is 9.16. The van der Waals surface area contributed by atoms with Gasteiger partial charge in [0, 0.05) is 6.42 Å². The fourth-order valence-electron chi connectivity index (χ4n) is 1.94. The van der Waals surface area contributed by atoms with Crippen LogP contribution in [0.25, 0.3) is 0 Å². The van der Waals surface area contributed by atoms with Gasteiger partial charge in [-0.15, -0.1) is 0 Å². The van der Waals surface area contributed by atoms with Gasteiger partial charge in [0.25, 0.3) is 0 Å². The second kappa shape index (κ2) is 19.2. The topological polar surface area (TPSA) is 66.8 Å². The van der Waals surface area contributed by atoms with Crippen LogP contribution >= 0.6 is 0 Å². The van der Waals surface area contributed by atoms with Crippen LogP contribution in [0.15, 0.2) is 72.9 Å². The van der Waals surface area contributed by atoms with E-state index in [4.69, 9.17) is 10.4 Å². The van der Waals surface area contributed by atoms with Gasteiger partial charge in [-0.1, -0.05) is 79.8 Å². The number of aliphatic carboxylic acids is 1. The largest absolute Gasteiger partial charge is 0.481 e. The number of carbonyl (C=O) groups is 1. The van der Waals surface area contributed by atoms with E-state index in [0.717, 1.165) is 25.7 Å². The SMILES string of the molecule is CC/C=C\C/C=C\CC(/C=C/C=C\C/C=C\C/C=C\CCC(=O)O)OO. The zero-order chi connectivity index (χ0) is 19.3. The molecule has 0 aromatic rings. The lowest BCUT2D eigenvalue weighted by Gasteiger charge is -2.03. The van der Waals surface area contributed by atoms with E-state index in [1.165, 1.54) is 0 Å². The highest BCUT2D eigenvalue weighted by atomic mass is 17.1. The van der Waals surface area contributed by atoms with Gasteiger partial charge < -0.3 is 5.11 Å². The van der Waals surface area contributed by atoms with Crippen molar-refractivity contribution in [3.8, 4) is 0 Å². The lowest BCUT2D eigenvalue weighted by atomic mass is 10.2. The van der Waals surface area contributed by atoms with E-state index in [1.54, 1.807) is 0 Å². The lowest BCUT2D eigenvalue weighted by molar-refractivity contribution is -0.264. The summed E-state index contributed by atoms with van der Waals surface area (Å²) in [4.78, 5) is 14.8. The molecular weight excluding hydrogens is 328 g/mol. The molecule has 0 bridgehead atoms. The van der Waals surface area contributed by atoms with E-state index < -0.39 is 5.97 Å². The molecule has 1 atom stereocenters. The first kappa shape index (κ1) is 23.8. The van der Waals surface area contributed by atoms with Crippen molar-refractivity contribution in [1.29, 1.82) is 0 Å². The predicted octanol–water partition coefficient (Wildman–Crippen LogP) is 6.02. The lowest BCUT2D eigenvalue weighted by Crippen LogP contribution is -2.04. The summed E-state index contributed by atoms with van der Waals surface area (Å²) in [5.41, 5.74) is 0. The zero-order valence-corrected chi connectivity index (χ0v) is 15.7. The van der Waals surface area contributed by atoms with Crippen molar-refractivity contribution in [2.24, 2.45) is 0 Å². The van der Waals surface area contributed by atoms with Gasteiger partial charge in [-0.25, -0.2) is 4.89 Å². The predicted molar refractivity (Wildman–Crippen MR) is 108 cm³/mol. The van der Waals surface area contributed by atoms with E-state index >= 15 is 0 Å². The second-order valence-corrected chi connectivity index (χ2v) is 5.63. The first-order valence-electron chi connectivity index (χ1n) is 9.16. The Labute approximate surface area is 157 Å². The van der Waals surface area contributed by atoms with Gasteiger partial charge in [-0.2, -0.15) is 0 Å². The van der Waals surface area contributed by atoms with Crippen molar-refractivity contribution in [2.45, 2.75) is 58.0 Å². The molecular formula is C22H32O4. The molecule has 26 heavy (non-hydrogen) atoms. The van der Waals surface area contributed by atoms with E-state index in [0.29, 0.717) is 12.8 Å². The summed E-state index contributed by atoms with van der Waals surface area (Å²) in [6.45, 7) is 2.10. The van der Waals surface area contributed by atoms with Gasteiger partial charge in [-0.3, -0.25) is 10.1 Å². The van der Waals surface area contributed by atoms with Crippen LogP contribution in [0.4, 0.5) is 0 Å². The molecule has 0 heterocycles. The van der Waals surface area contributed by atoms with Gasteiger partial charge in [-0.05, 0) is 38.5 Å². The fraction of sp³-hybridized carbons (Fsp3) is 0.409. The summed E-state index contributed by atoms with van der Waals surface area (Å²) < 4.78 is 0. The first-order chi connectivity index (χ1) is 12.7. The van der Waals surface area contributed by atoms with E-state index in [2.05, 4.69) is 36.1 Å². The minimum absolute atomic E-state index is 0.180. The van der Waals surface area contributed by atoms with Crippen molar-refractivity contribution in [2.75, 3.05) is 0 Å². The molecule has 0 fully saturated rings. The molecule has 4 nitrogen and oxygen atoms in total. The van der Waals surface area contributed by atoms with Gasteiger partial charge in [0.05, 0.1) is 0 Å². The molecule has 0 rings (SSSR count). The molecule has 0 aromatic carbocycles.